The Kier molecular flexibility index (Phi) is 4.52. The molecule has 5 rings (SSSR count). The third-order valence-electron chi connectivity index (χ3n) is 12.3. The second-order valence-electron chi connectivity index (χ2n) is 15.4. The average molecular weight is 399 g/mol. The zero-order valence-corrected chi connectivity index (χ0v) is 21.0. The van der Waals surface area contributed by atoms with Crippen molar-refractivity contribution in [1.29, 1.82) is 0 Å². The Morgan fingerprint density at radius 3 is 0.966 bits per heavy atom. The van der Waals surface area contributed by atoms with Crippen molar-refractivity contribution in [2.75, 3.05) is 0 Å². The van der Waals surface area contributed by atoms with E-state index in [1.165, 1.54) is 25.7 Å². The minimum absolute atomic E-state index is 0.576. The van der Waals surface area contributed by atoms with Crippen LogP contribution in [0.3, 0.4) is 0 Å². The molecule has 0 heterocycles. The lowest BCUT2D eigenvalue weighted by Crippen LogP contribution is -2.51. The van der Waals surface area contributed by atoms with E-state index in [1.807, 2.05) is 0 Å². The molecule has 8 atom stereocenters. The lowest BCUT2D eigenvalue weighted by molar-refractivity contribution is -0.0969. The van der Waals surface area contributed by atoms with Crippen molar-refractivity contribution in [2.24, 2.45) is 69.0 Å². The summed E-state index contributed by atoms with van der Waals surface area (Å²) in [6, 6.07) is 0. The first-order valence-electron chi connectivity index (χ1n) is 13.3. The van der Waals surface area contributed by atoms with Gasteiger partial charge in [-0.3, -0.25) is 0 Å². The van der Waals surface area contributed by atoms with E-state index in [0.717, 1.165) is 47.3 Å². The van der Waals surface area contributed by atoms with E-state index in [2.05, 4.69) is 55.4 Å². The van der Waals surface area contributed by atoms with E-state index in [4.69, 9.17) is 0 Å². The van der Waals surface area contributed by atoms with Crippen LogP contribution in [0.5, 0.6) is 0 Å². The Bertz CT molecular complexity index is 593. The lowest BCUT2D eigenvalue weighted by atomic mass is 9.46. The van der Waals surface area contributed by atoms with Gasteiger partial charge >= 0.3 is 0 Å². The van der Waals surface area contributed by atoms with Crippen LogP contribution in [0.1, 0.15) is 113 Å². The van der Waals surface area contributed by atoms with Gasteiger partial charge in [0.1, 0.15) is 0 Å². The minimum atomic E-state index is 0.576. The van der Waals surface area contributed by atoms with Crippen LogP contribution in [0, 0.1) is 69.0 Å². The molecule has 0 aromatic carbocycles. The van der Waals surface area contributed by atoms with Gasteiger partial charge in [-0.2, -0.15) is 0 Å². The highest BCUT2D eigenvalue weighted by atomic mass is 14.6. The molecule has 0 amide bonds. The van der Waals surface area contributed by atoms with Gasteiger partial charge in [0, 0.05) is 0 Å². The Morgan fingerprint density at radius 1 is 0.379 bits per heavy atom. The Labute approximate surface area is 182 Å². The fraction of sp³-hybridized carbons (Fsp3) is 1.00. The van der Waals surface area contributed by atoms with E-state index < -0.39 is 0 Å². The number of rotatable bonds is 0. The SMILES string of the molecule is CC1(C)CCC(C)(C)C2CC3C(CC4CC5C(CC43)C(C)(C)CCC5(C)C)CC21. The van der Waals surface area contributed by atoms with Crippen LogP contribution in [0.15, 0.2) is 0 Å². The number of hydrogen-bond acceptors (Lipinski definition) is 0. The highest BCUT2D eigenvalue weighted by Crippen LogP contribution is 2.68. The molecule has 0 aliphatic heterocycles. The normalized spacial score (nSPS) is 51.3. The Hall–Kier alpha value is 0. The van der Waals surface area contributed by atoms with Crippen molar-refractivity contribution in [1.82, 2.24) is 0 Å². The molecule has 0 aromatic heterocycles. The van der Waals surface area contributed by atoms with Crippen molar-refractivity contribution in [3.8, 4) is 0 Å². The monoisotopic (exact) mass is 398 g/mol. The van der Waals surface area contributed by atoms with Crippen LogP contribution in [-0.2, 0) is 0 Å². The summed E-state index contributed by atoms with van der Waals surface area (Å²) in [5.74, 6) is 8.20. The van der Waals surface area contributed by atoms with E-state index in [1.54, 1.807) is 32.1 Å². The maximum Gasteiger partial charge on any atom is -0.0323 e. The maximum absolute atomic E-state index is 2.62. The fourth-order valence-electron chi connectivity index (χ4n) is 10.1. The average Bonchev–Trinajstić information content (AvgIpc) is 2.98. The predicted molar refractivity (Wildman–Crippen MR) is 125 cm³/mol. The summed E-state index contributed by atoms with van der Waals surface area (Å²) in [5.41, 5.74) is 2.31. The second kappa shape index (κ2) is 6.28. The molecule has 5 aliphatic carbocycles. The van der Waals surface area contributed by atoms with Gasteiger partial charge in [0.05, 0.1) is 0 Å². The highest BCUT2D eigenvalue weighted by molar-refractivity contribution is 5.09. The Balaban J connectivity index is 1.43. The van der Waals surface area contributed by atoms with Crippen LogP contribution in [0.2, 0.25) is 0 Å². The third-order valence-corrected chi connectivity index (χ3v) is 12.3. The summed E-state index contributed by atoms with van der Waals surface area (Å²) >= 11 is 0. The summed E-state index contributed by atoms with van der Waals surface area (Å²) in [7, 11) is 0. The van der Waals surface area contributed by atoms with Gasteiger partial charge in [0.25, 0.3) is 0 Å². The number of hydrogen-bond donors (Lipinski definition) is 0. The van der Waals surface area contributed by atoms with E-state index >= 15 is 0 Å². The molecule has 5 saturated carbocycles. The molecule has 5 aliphatic rings. The zero-order chi connectivity index (χ0) is 21.0. The molecule has 29 heavy (non-hydrogen) atoms. The van der Waals surface area contributed by atoms with Crippen molar-refractivity contribution in [2.45, 2.75) is 113 Å². The zero-order valence-electron chi connectivity index (χ0n) is 21.0. The molecule has 0 radical (unpaired) electrons. The molecular formula is C29H50. The standard InChI is InChI=1S/C29H50/c1-26(2)9-11-28(5,6)24-16-20-18(14-22(24)26)13-19-15-23-25(17-21(19)20)29(7,8)12-10-27(23,3)4/h18-25H,9-17H2,1-8H3. The van der Waals surface area contributed by atoms with Crippen LogP contribution in [-0.4, -0.2) is 0 Å². The van der Waals surface area contributed by atoms with Gasteiger partial charge in [-0.25, -0.2) is 0 Å². The van der Waals surface area contributed by atoms with Crippen LogP contribution >= 0.6 is 0 Å². The molecule has 0 spiro atoms. The van der Waals surface area contributed by atoms with Gasteiger partial charge in [-0.05, 0) is 127 Å². The van der Waals surface area contributed by atoms with Crippen LogP contribution < -0.4 is 0 Å². The molecule has 0 saturated heterocycles. The Morgan fingerprint density at radius 2 is 0.655 bits per heavy atom. The molecular weight excluding hydrogens is 348 g/mol. The van der Waals surface area contributed by atoms with Crippen molar-refractivity contribution < 1.29 is 0 Å². The second-order valence-corrected chi connectivity index (χ2v) is 15.4. The largest absolute Gasteiger partial charge is 0.0596 e. The third kappa shape index (κ3) is 3.11. The van der Waals surface area contributed by atoms with Gasteiger partial charge in [-0.1, -0.05) is 55.4 Å². The van der Waals surface area contributed by atoms with E-state index in [9.17, 15) is 0 Å². The fourth-order valence-corrected chi connectivity index (χ4v) is 10.1. The van der Waals surface area contributed by atoms with E-state index in [-0.39, 0.29) is 0 Å². The van der Waals surface area contributed by atoms with Crippen LogP contribution in [0.4, 0.5) is 0 Å². The first-order chi connectivity index (χ1) is 13.3. The summed E-state index contributed by atoms with van der Waals surface area (Å²) in [4.78, 5) is 0. The maximum atomic E-state index is 2.62. The quantitative estimate of drug-likeness (QED) is 0.383. The molecule has 166 valence electrons. The van der Waals surface area contributed by atoms with Gasteiger partial charge in [0.2, 0.25) is 0 Å². The first-order valence-corrected chi connectivity index (χ1v) is 13.3. The summed E-state index contributed by atoms with van der Waals surface area (Å²) in [6.07, 6.45) is 13.7. The first kappa shape index (κ1) is 20.9. The highest BCUT2D eigenvalue weighted by Gasteiger charge is 2.60. The molecule has 0 heteroatoms. The molecule has 0 bridgehead atoms. The minimum Gasteiger partial charge on any atom is -0.0596 e. The number of fused-ring (bicyclic) bond motifs is 5. The summed E-state index contributed by atoms with van der Waals surface area (Å²) in [6.45, 7) is 20.9. The molecule has 5 fully saturated rings. The lowest BCUT2D eigenvalue weighted by Gasteiger charge is -2.59. The predicted octanol–water partition coefficient (Wildman–Crippen LogP) is 8.60. The van der Waals surface area contributed by atoms with Gasteiger partial charge < -0.3 is 0 Å². The molecule has 0 aromatic rings. The smallest absolute Gasteiger partial charge is 0.0323 e. The topological polar surface area (TPSA) is 0 Å². The molecule has 0 nitrogen and oxygen atoms in total. The summed E-state index contributed by atoms with van der Waals surface area (Å²) in [5, 5.41) is 0. The van der Waals surface area contributed by atoms with Crippen molar-refractivity contribution in [3.63, 3.8) is 0 Å². The van der Waals surface area contributed by atoms with Gasteiger partial charge in [-0.15, -0.1) is 0 Å². The summed E-state index contributed by atoms with van der Waals surface area (Å²) < 4.78 is 0. The van der Waals surface area contributed by atoms with Crippen LogP contribution in [0.25, 0.3) is 0 Å². The van der Waals surface area contributed by atoms with E-state index in [0.29, 0.717) is 21.7 Å². The molecule has 0 N–H and O–H groups in total. The van der Waals surface area contributed by atoms with Gasteiger partial charge in [0.15, 0.2) is 0 Å². The van der Waals surface area contributed by atoms with Crippen molar-refractivity contribution >= 4 is 0 Å². The molecule has 8 unspecified atom stereocenters. The van der Waals surface area contributed by atoms with Crippen molar-refractivity contribution in [3.05, 3.63) is 0 Å².